The highest BCUT2D eigenvalue weighted by atomic mass is 32.2. The van der Waals surface area contributed by atoms with Crippen LogP contribution >= 0.6 is 11.9 Å². The number of hydrogen-bond acceptors (Lipinski definition) is 3. The van der Waals surface area contributed by atoms with Crippen molar-refractivity contribution >= 4 is 28.8 Å². The predicted octanol–water partition coefficient (Wildman–Crippen LogP) is 5.07. The Bertz CT molecular complexity index is 916. The lowest BCUT2D eigenvalue weighted by atomic mass is 10.0. The zero-order chi connectivity index (χ0) is 19.4. The summed E-state index contributed by atoms with van der Waals surface area (Å²) in [7, 11) is 0. The summed E-state index contributed by atoms with van der Waals surface area (Å²) in [6, 6.07) is 10.5. The van der Waals surface area contributed by atoms with Crippen LogP contribution in [0.4, 0.5) is 0 Å². The Morgan fingerprint density at radius 1 is 1.11 bits per heavy atom. The number of rotatable bonds is 7. The first-order chi connectivity index (χ1) is 12.9. The van der Waals surface area contributed by atoms with E-state index in [0.717, 1.165) is 23.1 Å². The molecule has 1 N–H and O–H groups in total. The molecular formula is C22H27N3OS. The Balaban J connectivity index is 1.96. The SMILES string of the molecule is CC(C)Cn1cc(CC(=O)NSC(C)C)c2ccc(-c3ccncc3)cc21. The van der Waals surface area contributed by atoms with Gasteiger partial charge < -0.3 is 4.57 Å². The fourth-order valence-electron chi connectivity index (χ4n) is 3.17. The summed E-state index contributed by atoms with van der Waals surface area (Å²) in [5.41, 5.74) is 4.57. The molecule has 5 heteroatoms. The van der Waals surface area contributed by atoms with E-state index in [1.165, 1.54) is 23.0 Å². The van der Waals surface area contributed by atoms with Gasteiger partial charge in [0.2, 0.25) is 5.91 Å². The average Bonchev–Trinajstić information content (AvgIpc) is 2.97. The van der Waals surface area contributed by atoms with Gasteiger partial charge in [-0.05, 0) is 52.8 Å². The lowest BCUT2D eigenvalue weighted by Crippen LogP contribution is -2.20. The third-order valence-corrected chi connectivity index (χ3v) is 5.12. The molecule has 27 heavy (non-hydrogen) atoms. The number of hydrogen-bond donors (Lipinski definition) is 1. The van der Waals surface area contributed by atoms with E-state index in [1.807, 2.05) is 24.5 Å². The van der Waals surface area contributed by atoms with Crippen molar-refractivity contribution in [2.45, 2.75) is 45.9 Å². The standard InChI is InChI=1S/C22H27N3OS/c1-15(2)13-25-14-19(12-22(26)24-27-16(3)4)20-6-5-18(11-21(20)25)17-7-9-23-10-8-17/h5-11,14-16H,12-13H2,1-4H3,(H,24,26). The second-order valence-electron chi connectivity index (χ2n) is 7.54. The van der Waals surface area contributed by atoms with Crippen LogP contribution in [0.2, 0.25) is 0 Å². The molecule has 3 aromatic rings. The predicted molar refractivity (Wildman–Crippen MR) is 115 cm³/mol. The molecular weight excluding hydrogens is 354 g/mol. The smallest absolute Gasteiger partial charge is 0.234 e. The highest BCUT2D eigenvalue weighted by molar-refractivity contribution is 7.98. The maximum atomic E-state index is 12.3. The molecule has 0 aliphatic heterocycles. The summed E-state index contributed by atoms with van der Waals surface area (Å²) in [5.74, 6) is 0.582. The summed E-state index contributed by atoms with van der Waals surface area (Å²) in [6.07, 6.45) is 6.17. The summed E-state index contributed by atoms with van der Waals surface area (Å²) in [5, 5.41) is 1.53. The van der Waals surface area contributed by atoms with Gasteiger partial charge in [-0.1, -0.05) is 39.8 Å². The van der Waals surface area contributed by atoms with E-state index in [1.54, 1.807) is 0 Å². The number of aromatic nitrogens is 2. The van der Waals surface area contributed by atoms with Gasteiger partial charge >= 0.3 is 0 Å². The highest BCUT2D eigenvalue weighted by Gasteiger charge is 2.14. The molecule has 1 aromatic carbocycles. The molecule has 0 saturated heterocycles. The Morgan fingerprint density at radius 3 is 2.52 bits per heavy atom. The number of benzene rings is 1. The maximum absolute atomic E-state index is 12.3. The van der Waals surface area contributed by atoms with Crippen molar-refractivity contribution < 1.29 is 4.79 Å². The van der Waals surface area contributed by atoms with Crippen LogP contribution < -0.4 is 4.72 Å². The summed E-state index contributed by atoms with van der Waals surface area (Å²) in [6.45, 7) is 9.49. The molecule has 0 bridgehead atoms. The molecule has 3 rings (SSSR count). The van der Waals surface area contributed by atoms with Crippen LogP contribution in [-0.4, -0.2) is 20.7 Å². The van der Waals surface area contributed by atoms with Crippen molar-refractivity contribution in [1.29, 1.82) is 0 Å². The maximum Gasteiger partial charge on any atom is 0.234 e. The number of nitrogens with one attached hydrogen (secondary N) is 1. The van der Waals surface area contributed by atoms with E-state index >= 15 is 0 Å². The second-order valence-corrected chi connectivity index (χ2v) is 8.92. The van der Waals surface area contributed by atoms with E-state index in [2.05, 4.69) is 66.4 Å². The fourth-order valence-corrected chi connectivity index (χ4v) is 3.61. The van der Waals surface area contributed by atoms with E-state index in [4.69, 9.17) is 0 Å². The van der Waals surface area contributed by atoms with Crippen LogP contribution in [0.25, 0.3) is 22.0 Å². The number of carbonyl (C=O) groups excluding carboxylic acids is 1. The number of pyridine rings is 1. The molecule has 142 valence electrons. The van der Waals surface area contributed by atoms with Crippen LogP contribution in [0.1, 0.15) is 33.3 Å². The molecule has 0 aliphatic carbocycles. The lowest BCUT2D eigenvalue weighted by Gasteiger charge is -2.09. The van der Waals surface area contributed by atoms with Gasteiger partial charge in [0.15, 0.2) is 0 Å². The molecule has 0 unspecified atom stereocenters. The first-order valence-electron chi connectivity index (χ1n) is 9.40. The van der Waals surface area contributed by atoms with Crippen molar-refractivity contribution in [2.75, 3.05) is 0 Å². The van der Waals surface area contributed by atoms with Gasteiger partial charge in [0.05, 0.1) is 6.42 Å². The van der Waals surface area contributed by atoms with Gasteiger partial charge in [0.25, 0.3) is 0 Å². The van der Waals surface area contributed by atoms with Crippen LogP contribution in [0, 0.1) is 5.92 Å². The van der Waals surface area contributed by atoms with Crippen molar-refractivity contribution in [1.82, 2.24) is 14.3 Å². The quantitative estimate of drug-likeness (QED) is 0.581. The van der Waals surface area contributed by atoms with E-state index in [0.29, 0.717) is 17.6 Å². The molecule has 1 amide bonds. The fraction of sp³-hybridized carbons (Fsp3) is 0.364. The zero-order valence-electron chi connectivity index (χ0n) is 16.4. The van der Waals surface area contributed by atoms with Crippen LogP contribution in [-0.2, 0) is 17.8 Å². The van der Waals surface area contributed by atoms with E-state index in [9.17, 15) is 4.79 Å². The van der Waals surface area contributed by atoms with Crippen molar-refractivity contribution in [2.24, 2.45) is 5.92 Å². The monoisotopic (exact) mass is 381 g/mol. The third kappa shape index (κ3) is 4.92. The Kier molecular flexibility index (Phi) is 6.22. The van der Waals surface area contributed by atoms with Crippen molar-refractivity contribution in [3.8, 4) is 11.1 Å². The minimum absolute atomic E-state index is 0.0514. The van der Waals surface area contributed by atoms with Crippen LogP contribution in [0.5, 0.6) is 0 Å². The molecule has 4 nitrogen and oxygen atoms in total. The van der Waals surface area contributed by atoms with Gasteiger partial charge in [-0.3, -0.25) is 14.5 Å². The molecule has 2 aromatic heterocycles. The molecule has 0 spiro atoms. The largest absolute Gasteiger partial charge is 0.347 e. The number of amides is 1. The molecule has 0 atom stereocenters. The number of nitrogens with zero attached hydrogens (tertiary/aromatic N) is 2. The van der Waals surface area contributed by atoms with Gasteiger partial charge in [-0.25, -0.2) is 0 Å². The van der Waals surface area contributed by atoms with Crippen LogP contribution in [0.15, 0.2) is 48.9 Å². The molecule has 0 aliphatic rings. The first kappa shape index (κ1) is 19.5. The first-order valence-corrected chi connectivity index (χ1v) is 10.3. The number of fused-ring (bicyclic) bond motifs is 1. The topological polar surface area (TPSA) is 46.9 Å². The zero-order valence-corrected chi connectivity index (χ0v) is 17.2. The lowest BCUT2D eigenvalue weighted by molar-refractivity contribution is -0.118. The van der Waals surface area contributed by atoms with Gasteiger partial charge in [-0.2, -0.15) is 0 Å². The molecule has 2 heterocycles. The van der Waals surface area contributed by atoms with E-state index < -0.39 is 0 Å². The van der Waals surface area contributed by atoms with Crippen molar-refractivity contribution in [3.05, 3.63) is 54.5 Å². The average molecular weight is 382 g/mol. The molecule has 0 radical (unpaired) electrons. The molecule has 0 saturated carbocycles. The van der Waals surface area contributed by atoms with Crippen LogP contribution in [0.3, 0.4) is 0 Å². The normalized spacial score (nSPS) is 11.5. The van der Waals surface area contributed by atoms with Gasteiger partial charge in [0.1, 0.15) is 0 Å². The Hall–Kier alpha value is -2.27. The van der Waals surface area contributed by atoms with Gasteiger partial charge in [-0.15, -0.1) is 0 Å². The number of carbonyl (C=O) groups is 1. The Morgan fingerprint density at radius 2 is 1.85 bits per heavy atom. The summed E-state index contributed by atoms with van der Waals surface area (Å²) < 4.78 is 5.22. The van der Waals surface area contributed by atoms with Gasteiger partial charge in [0, 0.05) is 41.3 Å². The highest BCUT2D eigenvalue weighted by Crippen LogP contribution is 2.28. The second kappa shape index (κ2) is 8.61. The summed E-state index contributed by atoms with van der Waals surface area (Å²) >= 11 is 1.47. The summed E-state index contributed by atoms with van der Waals surface area (Å²) in [4.78, 5) is 16.4. The van der Waals surface area contributed by atoms with E-state index in [-0.39, 0.29) is 5.91 Å². The van der Waals surface area contributed by atoms with Crippen molar-refractivity contribution in [3.63, 3.8) is 0 Å². The minimum atomic E-state index is 0.0514. The minimum Gasteiger partial charge on any atom is -0.347 e. The Labute approximate surface area is 165 Å². The molecule has 0 fully saturated rings. The third-order valence-electron chi connectivity index (χ3n) is 4.30.